The molecule has 0 spiro atoms. The maximum Gasteiger partial charge on any atom is 0.249 e. The summed E-state index contributed by atoms with van der Waals surface area (Å²) in [5, 5.41) is 0. The van der Waals surface area contributed by atoms with E-state index in [1.165, 1.54) is 0 Å². The zero-order chi connectivity index (χ0) is 21.8. The van der Waals surface area contributed by atoms with Gasteiger partial charge in [0.15, 0.2) is 11.3 Å². The topological polar surface area (TPSA) is 79.8 Å². The molecule has 1 N–H and O–H groups in total. The standard InChI is InChI=1S/C25H24N6O/c1-18-23(28-17-27-18)15-31-14-6-9-20(31)16-32-25-22(12-11-19-7-3-2-4-8-19)29-24-21(30-25)10-5-13-26-24/h2-5,7-8,10,13,17,20H,6,9,14-16H2,1H3,(H,27,28)/t20-/m0/s1. The summed E-state index contributed by atoms with van der Waals surface area (Å²) in [5.74, 6) is 6.75. The van der Waals surface area contributed by atoms with Gasteiger partial charge in [-0.1, -0.05) is 24.1 Å². The van der Waals surface area contributed by atoms with Crippen molar-refractivity contribution in [2.45, 2.75) is 32.4 Å². The Hall–Kier alpha value is -3.76. The molecule has 0 bridgehead atoms. The van der Waals surface area contributed by atoms with E-state index in [0.717, 1.165) is 42.9 Å². The van der Waals surface area contributed by atoms with Crippen LogP contribution in [0.25, 0.3) is 11.2 Å². The van der Waals surface area contributed by atoms with E-state index in [9.17, 15) is 0 Å². The zero-order valence-corrected chi connectivity index (χ0v) is 18.0. The van der Waals surface area contributed by atoms with Crippen molar-refractivity contribution >= 4 is 11.2 Å². The van der Waals surface area contributed by atoms with Crippen LogP contribution in [0.2, 0.25) is 0 Å². The number of aromatic amines is 1. The summed E-state index contributed by atoms with van der Waals surface area (Å²) in [6, 6.07) is 13.9. The van der Waals surface area contributed by atoms with Crippen molar-refractivity contribution in [2.24, 2.45) is 0 Å². The van der Waals surface area contributed by atoms with Gasteiger partial charge in [-0.25, -0.2) is 19.9 Å². The molecule has 0 aliphatic carbocycles. The van der Waals surface area contributed by atoms with Crippen LogP contribution in [0.15, 0.2) is 55.0 Å². The number of H-pyrrole nitrogens is 1. The second kappa shape index (κ2) is 9.16. The molecular weight excluding hydrogens is 400 g/mol. The summed E-state index contributed by atoms with van der Waals surface area (Å²) < 4.78 is 6.22. The molecule has 7 nitrogen and oxygen atoms in total. The van der Waals surface area contributed by atoms with Crippen molar-refractivity contribution in [3.05, 3.63) is 77.6 Å². The molecule has 0 saturated carbocycles. The summed E-state index contributed by atoms with van der Waals surface area (Å²) >= 11 is 0. The Morgan fingerprint density at radius 3 is 2.84 bits per heavy atom. The van der Waals surface area contributed by atoms with Gasteiger partial charge in [0, 0.05) is 30.0 Å². The van der Waals surface area contributed by atoms with Crippen molar-refractivity contribution in [1.29, 1.82) is 0 Å². The quantitative estimate of drug-likeness (QED) is 0.494. The minimum Gasteiger partial charge on any atom is -0.474 e. The molecule has 0 radical (unpaired) electrons. The van der Waals surface area contributed by atoms with Crippen LogP contribution in [0.5, 0.6) is 5.88 Å². The molecule has 4 aromatic rings. The number of likely N-dealkylation sites (tertiary alicyclic amines) is 1. The van der Waals surface area contributed by atoms with Crippen LogP contribution in [0, 0.1) is 18.8 Å². The van der Waals surface area contributed by atoms with E-state index in [-0.39, 0.29) is 0 Å². The number of nitrogens with one attached hydrogen (secondary N) is 1. The molecule has 1 atom stereocenters. The fourth-order valence-corrected chi connectivity index (χ4v) is 3.92. The lowest BCUT2D eigenvalue weighted by Gasteiger charge is -2.24. The minimum atomic E-state index is 0.299. The van der Waals surface area contributed by atoms with Crippen molar-refractivity contribution in [3.8, 4) is 17.7 Å². The van der Waals surface area contributed by atoms with Crippen LogP contribution in [-0.4, -0.2) is 49.0 Å². The van der Waals surface area contributed by atoms with Crippen LogP contribution in [0.3, 0.4) is 0 Å². The number of aromatic nitrogens is 5. The summed E-state index contributed by atoms with van der Waals surface area (Å²) in [6.45, 7) is 4.44. The largest absolute Gasteiger partial charge is 0.474 e. The van der Waals surface area contributed by atoms with E-state index in [1.807, 2.05) is 42.5 Å². The maximum absolute atomic E-state index is 6.22. The van der Waals surface area contributed by atoms with Crippen molar-refractivity contribution in [1.82, 2.24) is 29.8 Å². The van der Waals surface area contributed by atoms with Gasteiger partial charge in [-0.3, -0.25) is 4.90 Å². The van der Waals surface area contributed by atoms with E-state index in [1.54, 1.807) is 12.5 Å². The van der Waals surface area contributed by atoms with Crippen molar-refractivity contribution in [3.63, 3.8) is 0 Å². The molecule has 5 rings (SSSR count). The molecule has 3 aromatic heterocycles. The van der Waals surface area contributed by atoms with Crippen LogP contribution >= 0.6 is 0 Å². The first-order chi connectivity index (χ1) is 15.8. The van der Waals surface area contributed by atoms with Gasteiger partial charge < -0.3 is 9.72 Å². The highest BCUT2D eigenvalue weighted by atomic mass is 16.5. The number of rotatable bonds is 5. The summed E-state index contributed by atoms with van der Waals surface area (Å²) in [5.41, 5.74) is 4.88. The predicted octanol–water partition coefficient (Wildman–Crippen LogP) is 3.50. The summed E-state index contributed by atoms with van der Waals surface area (Å²) in [4.78, 5) is 23.7. The lowest BCUT2D eigenvalue weighted by atomic mass is 10.2. The molecule has 0 amide bonds. The summed E-state index contributed by atoms with van der Waals surface area (Å²) in [6.07, 6.45) is 5.69. The minimum absolute atomic E-state index is 0.299. The normalized spacial score (nSPS) is 16.1. The third kappa shape index (κ3) is 4.46. The first-order valence-electron chi connectivity index (χ1n) is 10.8. The third-order valence-electron chi connectivity index (χ3n) is 5.71. The third-order valence-corrected chi connectivity index (χ3v) is 5.71. The van der Waals surface area contributed by atoms with Gasteiger partial charge in [-0.15, -0.1) is 0 Å². The van der Waals surface area contributed by atoms with Gasteiger partial charge in [-0.05, 0) is 56.5 Å². The Balaban J connectivity index is 1.38. The average molecular weight is 425 g/mol. The van der Waals surface area contributed by atoms with Crippen LogP contribution < -0.4 is 4.74 Å². The summed E-state index contributed by atoms with van der Waals surface area (Å²) in [7, 11) is 0. The molecule has 32 heavy (non-hydrogen) atoms. The Morgan fingerprint density at radius 1 is 1.09 bits per heavy atom. The highest BCUT2D eigenvalue weighted by molar-refractivity contribution is 5.71. The molecule has 0 unspecified atom stereocenters. The number of imidazole rings is 1. The van der Waals surface area contributed by atoms with Crippen LogP contribution in [0.1, 0.15) is 35.5 Å². The van der Waals surface area contributed by atoms with E-state index in [2.05, 4.69) is 48.6 Å². The van der Waals surface area contributed by atoms with Gasteiger partial charge in [0.05, 0.1) is 12.0 Å². The van der Waals surface area contributed by atoms with E-state index < -0.39 is 0 Å². The first-order valence-corrected chi connectivity index (χ1v) is 10.8. The number of aryl methyl sites for hydroxylation is 1. The van der Waals surface area contributed by atoms with E-state index in [4.69, 9.17) is 4.74 Å². The van der Waals surface area contributed by atoms with Gasteiger partial charge in [0.25, 0.3) is 0 Å². The van der Waals surface area contributed by atoms with Crippen LogP contribution in [0.4, 0.5) is 0 Å². The van der Waals surface area contributed by atoms with Gasteiger partial charge in [-0.2, -0.15) is 0 Å². The number of fused-ring (bicyclic) bond motifs is 1. The van der Waals surface area contributed by atoms with Crippen LogP contribution in [-0.2, 0) is 6.54 Å². The second-order valence-electron chi connectivity index (χ2n) is 7.89. The molecule has 160 valence electrons. The van der Waals surface area contributed by atoms with Crippen molar-refractivity contribution < 1.29 is 4.74 Å². The molecule has 1 fully saturated rings. The van der Waals surface area contributed by atoms with Gasteiger partial charge >= 0.3 is 0 Å². The van der Waals surface area contributed by atoms with Gasteiger partial charge in [0.1, 0.15) is 12.1 Å². The predicted molar refractivity (Wildman–Crippen MR) is 122 cm³/mol. The SMILES string of the molecule is Cc1[nH]cnc1CN1CCC[C@H]1COc1nc2cccnc2nc1C#Cc1ccccc1. The zero-order valence-electron chi connectivity index (χ0n) is 18.0. The number of pyridine rings is 1. The molecule has 1 saturated heterocycles. The second-order valence-corrected chi connectivity index (χ2v) is 7.89. The highest BCUT2D eigenvalue weighted by Gasteiger charge is 2.26. The number of hydrogen-bond acceptors (Lipinski definition) is 6. The fourth-order valence-electron chi connectivity index (χ4n) is 3.92. The molecule has 4 heterocycles. The molecule has 7 heteroatoms. The molecular formula is C25H24N6O. The molecule has 1 aromatic carbocycles. The monoisotopic (exact) mass is 424 g/mol. The highest BCUT2D eigenvalue weighted by Crippen LogP contribution is 2.23. The number of hydrogen-bond donors (Lipinski definition) is 1. The molecule has 1 aliphatic heterocycles. The lowest BCUT2D eigenvalue weighted by molar-refractivity contribution is 0.162. The van der Waals surface area contributed by atoms with Crippen molar-refractivity contribution in [2.75, 3.05) is 13.2 Å². The Kier molecular flexibility index (Phi) is 5.77. The van der Waals surface area contributed by atoms with E-state index in [0.29, 0.717) is 35.4 Å². The number of benzene rings is 1. The smallest absolute Gasteiger partial charge is 0.249 e. The Bertz CT molecular complexity index is 1270. The Morgan fingerprint density at radius 2 is 2.00 bits per heavy atom. The Labute approximate surface area is 186 Å². The number of ether oxygens (including phenoxy) is 1. The average Bonchev–Trinajstić information content (AvgIpc) is 3.45. The van der Waals surface area contributed by atoms with Gasteiger partial charge in [0.2, 0.25) is 5.88 Å². The molecule has 1 aliphatic rings. The first kappa shape index (κ1) is 20.2. The number of nitrogens with zero attached hydrogens (tertiary/aromatic N) is 5. The van der Waals surface area contributed by atoms with E-state index >= 15 is 0 Å². The maximum atomic E-state index is 6.22. The lowest BCUT2D eigenvalue weighted by Crippen LogP contribution is -2.34. The fraction of sp³-hybridized carbons (Fsp3) is 0.280.